The number of esters is 1. The Morgan fingerprint density at radius 3 is 2.38 bits per heavy atom. The third-order valence-corrected chi connectivity index (χ3v) is 4.25. The van der Waals surface area contributed by atoms with E-state index in [-0.39, 0.29) is 11.4 Å². The van der Waals surface area contributed by atoms with E-state index in [2.05, 4.69) is 42.9 Å². The highest BCUT2D eigenvalue weighted by atomic mass is 16.5. The van der Waals surface area contributed by atoms with Gasteiger partial charge in [-0.15, -0.1) is 0 Å². The fraction of sp³-hybridized carbons (Fsp3) is 0.286. The first-order valence-corrected chi connectivity index (χ1v) is 8.65. The number of aromatic nitrogens is 2. The van der Waals surface area contributed by atoms with Crippen LogP contribution in [0.5, 0.6) is 0 Å². The van der Waals surface area contributed by atoms with Crippen LogP contribution in [0.4, 0.5) is 5.82 Å². The predicted octanol–water partition coefficient (Wildman–Crippen LogP) is 4.35. The number of hydrogen-bond acceptors (Lipinski definition) is 5. The first-order chi connectivity index (χ1) is 12.3. The molecular formula is C21H23N3O2. The Balaban J connectivity index is 2.05. The van der Waals surface area contributed by atoms with Crippen molar-refractivity contribution in [2.45, 2.75) is 33.1 Å². The molecule has 26 heavy (non-hydrogen) atoms. The van der Waals surface area contributed by atoms with Crippen molar-refractivity contribution in [1.29, 1.82) is 0 Å². The van der Waals surface area contributed by atoms with Gasteiger partial charge in [0.25, 0.3) is 0 Å². The summed E-state index contributed by atoms with van der Waals surface area (Å²) in [7, 11) is 0. The number of nitrogen functional groups attached to an aromatic ring is 1. The minimum Gasteiger partial charge on any atom is -0.462 e. The average Bonchev–Trinajstić information content (AvgIpc) is 2.60. The highest BCUT2D eigenvalue weighted by molar-refractivity contribution is 5.97. The highest BCUT2D eigenvalue weighted by Gasteiger charge is 2.15. The van der Waals surface area contributed by atoms with Crippen molar-refractivity contribution in [3.05, 3.63) is 53.6 Å². The standard InChI is InChI=1S/C21H23N3O2/c1-5-26-20(25)14-8-11-16-17(12-14)23-19(24-18(16)22)13-6-9-15(10-7-13)21(2,3)4/h6-12H,5H2,1-4H3,(H2,22,23,24). The van der Waals surface area contributed by atoms with E-state index in [1.54, 1.807) is 25.1 Å². The van der Waals surface area contributed by atoms with E-state index in [4.69, 9.17) is 10.5 Å². The quantitative estimate of drug-likeness (QED) is 0.711. The second kappa shape index (κ2) is 6.75. The molecule has 0 amide bonds. The summed E-state index contributed by atoms with van der Waals surface area (Å²) in [5, 5.41) is 0.716. The molecular weight excluding hydrogens is 326 g/mol. The van der Waals surface area contributed by atoms with E-state index in [1.165, 1.54) is 5.56 Å². The molecule has 0 aliphatic carbocycles. The Morgan fingerprint density at radius 2 is 1.77 bits per heavy atom. The van der Waals surface area contributed by atoms with Gasteiger partial charge < -0.3 is 10.5 Å². The summed E-state index contributed by atoms with van der Waals surface area (Å²) < 4.78 is 5.05. The van der Waals surface area contributed by atoms with Gasteiger partial charge in [0.15, 0.2) is 5.82 Å². The summed E-state index contributed by atoms with van der Waals surface area (Å²) in [6.45, 7) is 8.61. The number of rotatable bonds is 3. The molecule has 0 saturated carbocycles. The van der Waals surface area contributed by atoms with Crippen LogP contribution < -0.4 is 5.73 Å². The lowest BCUT2D eigenvalue weighted by Crippen LogP contribution is -2.10. The Kier molecular flexibility index (Phi) is 4.64. The molecule has 5 nitrogen and oxygen atoms in total. The molecule has 0 atom stereocenters. The van der Waals surface area contributed by atoms with Crippen molar-refractivity contribution >= 4 is 22.7 Å². The molecule has 3 aromatic rings. The molecule has 1 heterocycles. The van der Waals surface area contributed by atoms with E-state index >= 15 is 0 Å². The Hall–Kier alpha value is -2.95. The SMILES string of the molecule is CCOC(=O)c1ccc2c(N)nc(-c3ccc(C(C)(C)C)cc3)nc2c1. The monoisotopic (exact) mass is 349 g/mol. The summed E-state index contributed by atoms with van der Waals surface area (Å²) in [6, 6.07) is 13.3. The molecule has 0 saturated heterocycles. The van der Waals surface area contributed by atoms with Crippen LogP contribution in [0.15, 0.2) is 42.5 Å². The van der Waals surface area contributed by atoms with Crippen molar-refractivity contribution in [2.24, 2.45) is 0 Å². The van der Waals surface area contributed by atoms with Gasteiger partial charge in [0.2, 0.25) is 0 Å². The van der Waals surface area contributed by atoms with Crippen LogP contribution in [0, 0.1) is 0 Å². The topological polar surface area (TPSA) is 78.1 Å². The summed E-state index contributed by atoms with van der Waals surface area (Å²) in [6.07, 6.45) is 0. The van der Waals surface area contributed by atoms with Gasteiger partial charge >= 0.3 is 5.97 Å². The minimum absolute atomic E-state index is 0.0797. The number of carbonyl (C=O) groups excluding carboxylic acids is 1. The molecule has 0 unspecified atom stereocenters. The Bertz CT molecular complexity index is 957. The average molecular weight is 349 g/mol. The maximum absolute atomic E-state index is 12.0. The molecule has 2 N–H and O–H groups in total. The molecule has 5 heteroatoms. The first-order valence-electron chi connectivity index (χ1n) is 8.65. The smallest absolute Gasteiger partial charge is 0.338 e. The van der Waals surface area contributed by atoms with E-state index in [9.17, 15) is 4.79 Å². The highest BCUT2D eigenvalue weighted by Crippen LogP contribution is 2.27. The first kappa shape index (κ1) is 17.9. The lowest BCUT2D eigenvalue weighted by atomic mass is 9.87. The lowest BCUT2D eigenvalue weighted by Gasteiger charge is -2.19. The molecule has 0 radical (unpaired) electrons. The van der Waals surface area contributed by atoms with Crippen LogP contribution in [0.1, 0.15) is 43.6 Å². The Morgan fingerprint density at radius 1 is 1.08 bits per heavy atom. The lowest BCUT2D eigenvalue weighted by molar-refractivity contribution is 0.0526. The zero-order valence-electron chi connectivity index (χ0n) is 15.5. The maximum atomic E-state index is 12.0. The van der Waals surface area contributed by atoms with Gasteiger partial charge in [-0.25, -0.2) is 14.8 Å². The molecule has 0 spiro atoms. The van der Waals surface area contributed by atoms with E-state index in [0.29, 0.717) is 34.7 Å². The van der Waals surface area contributed by atoms with Crippen LogP contribution in [0.2, 0.25) is 0 Å². The second-order valence-corrected chi connectivity index (χ2v) is 7.21. The normalized spacial score (nSPS) is 11.5. The number of ether oxygens (including phenoxy) is 1. The van der Waals surface area contributed by atoms with Crippen LogP contribution in [-0.2, 0) is 10.2 Å². The number of fused-ring (bicyclic) bond motifs is 1. The maximum Gasteiger partial charge on any atom is 0.338 e. The van der Waals surface area contributed by atoms with Gasteiger partial charge in [0.05, 0.1) is 17.7 Å². The van der Waals surface area contributed by atoms with Gasteiger partial charge in [-0.3, -0.25) is 0 Å². The van der Waals surface area contributed by atoms with Crippen molar-refractivity contribution in [3.8, 4) is 11.4 Å². The molecule has 0 aliphatic rings. The number of carbonyl (C=O) groups is 1. The fourth-order valence-electron chi connectivity index (χ4n) is 2.74. The molecule has 0 bridgehead atoms. The molecule has 0 aliphatic heterocycles. The number of hydrogen-bond donors (Lipinski definition) is 1. The summed E-state index contributed by atoms with van der Waals surface area (Å²) in [5.41, 5.74) is 9.38. The van der Waals surface area contributed by atoms with Crippen molar-refractivity contribution in [2.75, 3.05) is 12.3 Å². The van der Waals surface area contributed by atoms with Gasteiger partial charge in [0, 0.05) is 10.9 Å². The predicted molar refractivity (Wildman–Crippen MR) is 104 cm³/mol. The fourth-order valence-corrected chi connectivity index (χ4v) is 2.74. The summed E-state index contributed by atoms with van der Waals surface area (Å²) >= 11 is 0. The molecule has 134 valence electrons. The molecule has 3 rings (SSSR count). The van der Waals surface area contributed by atoms with Gasteiger partial charge in [-0.1, -0.05) is 45.0 Å². The second-order valence-electron chi connectivity index (χ2n) is 7.21. The Labute approximate surface area is 153 Å². The van der Waals surface area contributed by atoms with Crippen LogP contribution >= 0.6 is 0 Å². The van der Waals surface area contributed by atoms with E-state index in [0.717, 1.165) is 5.56 Å². The molecule has 1 aromatic heterocycles. The van der Waals surface area contributed by atoms with Crippen molar-refractivity contribution in [3.63, 3.8) is 0 Å². The van der Waals surface area contributed by atoms with Crippen LogP contribution in [0.3, 0.4) is 0 Å². The third-order valence-electron chi connectivity index (χ3n) is 4.25. The van der Waals surface area contributed by atoms with Gasteiger partial charge in [-0.05, 0) is 36.1 Å². The summed E-state index contributed by atoms with van der Waals surface area (Å²) in [4.78, 5) is 21.0. The third kappa shape index (κ3) is 3.52. The molecule has 0 fully saturated rings. The molecule has 2 aromatic carbocycles. The van der Waals surface area contributed by atoms with Crippen molar-refractivity contribution in [1.82, 2.24) is 9.97 Å². The van der Waals surface area contributed by atoms with Gasteiger partial charge in [0.1, 0.15) is 5.82 Å². The van der Waals surface area contributed by atoms with Crippen LogP contribution in [-0.4, -0.2) is 22.5 Å². The minimum atomic E-state index is -0.373. The number of benzene rings is 2. The number of nitrogens with zero attached hydrogens (tertiary/aromatic N) is 2. The van der Waals surface area contributed by atoms with Gasteiger partial charge in [-0.2, -0.15) is 0 Å². The number of nitrogens with two attached hydrogens (primary N) is 1. The van der Waals surface area contributed by atoms with E-state index < -0.39 is 0 Å². The van der Waals surface area contributed by atoms with Crippen LogP contribution in [0.25, 0.3) is 22.3 Å². The summed E-state index contributed by atoms with van der Waals surface area (Å²) in [5.74, 6) is 0.555. The number of anilines is 1. The zero-order chi connectivity index (χ0) is 18.9. The largest absolute Gasteiger partial charge is 0.462 e. The van der Waals surface area contributed by atoms with E-state index in [1.807, 2.05) is 12.1 Å². The van der Waals surface area contributed by atoms with Crippen molar-refractivity contribution < 1.29 is 9.53 Å². The zero-order valence-corrected chi connectivity index (χ0v) is 15.5.